The zero-order chi connectivity index (χ0) is 23.3. The number of nitrogens with zero attached hydrogens (tertiary/aromatic N) is 3. The summed E-state index contributed by atoms with van der Waals surface area (Å²) in [5, 5.41) is 4.87. The van der Waals surface area contributed by atoms with E-state index < -0.39 is 0 Å². The van der Waals surface area contributed by atoms with Crippen LogP contribution in [0.1, 0.15) is 18.4 Å². The molecule has 174 valence electrons. The highest BCUT2D eigenvalue weighted by molar-refractivity contribution is 6.30. The molecule has 3 aromatic carbocycles. The maximum absolute atomic E-state index is 6.56. The second-order valence-corrected chi connectivity index (χ2v) is 9.00. The first-order chi connectivity index (χ1) is 16.6. The number of hydrogen-bond acceptors (Lipinski definition) is 6. The van der Waals surface area contributed by atoms with E-state index in [2.05, 4.69) is 27.2 Å². The molecule has 0 spiro atoms. The van der Waals surface area contributed by atoms with Crippen molar-refractivity contribution < 1.29 is 9.47 Å². The van der Waals surface area contributed by atoms with Crippen molar-refractivity contribution in [1.29, 1.82) is 0 Å². The van der Waals surface area contributed by atoms with Crippen molar-refractivity contribution in [1.82, 2.24) is 14.9 Å². The standard InChI is InChI=1S/C27H27ClN4O2/c1-32-12-10-22(11-13-32)34-25-16-23(33-17-19-6-3-2-4-7-19)15-24-26(25)27(30-18-29-24)31-21-9-5-8-20(28)14-21/h2-9,14-16,18,22H,10-13,17H2,1H3,(H,29,30,31). The maximum atomic E-state index is 6.56. The van der Waals surface area contributed by atoms with Crippen LogP contribution >= 0.6 is 11.6 Å². The summed E-state index contributed by atoms with van der Waals surface area (Å²) in [4.78, 5) is 11.4. The molecule has 0 bridgehead atoms. The van der Waals surface area contributed by atoms with E-state index in [4.69, 9.17) is 21.1 Å². The minimum absolute atomic E-state index is 0.128. The fraction of sp³-hybridized carbons (Fsp3) is 0.259. The Morgan fingerprint density at radius 2 is 1.82 bits per heavy atom. The van der Waals surface area contributed by atoms with E-state index in [1.807, 2.05) is 66.7 Å². The number of benzene rings is 3. The predicted molar refractivity (Wildman–Crippen MR) is 136 cm³/mol. The zero-order valence-electron chi connectivity index (χ0n) is 19.1. The molecule has 1 aliphatic rings. The Morgan fingerprint density at radius 1 is 1.00 bits per heavy atom. The summed E-state index contributed by atoms with van der Waals surface area (Å²) in [6, 6.07) is 21.6. The molecule has 2 heterocycles. The first-order valence-electron chi connectivity index (χ1n) is 11.5. The first kappa shape index (κ1) is 22.4. The molecule has 0 aliphatic carbocycles. The second-order valence-electron chi connectivity index (χ2n) is 8.57. The molecule has 0 unspecified atom stereocenters. The lowest BCUT2D eigenvalue weighted by molar-refractivity contribution is 0.115. The van der Waals surface area contributed by atoms with Gasteiger partial charge in [-0.3, -0.25) is 0 Å². The van der Waals surface area contributed by atoms with Crippen molar-refractivity contribution in [3.63, 3.8) is 0 Å². The summed E-state index contributed by atoms with van der Waals surface area (Å²) in [5.74, 6) is 2.11. The molecule has 0 amide bonds. The summed E-state index contributed by atoms with van der Waals surface area (Å²) in [6.45, 7) is 2.49. The number of anilines is 2. The third-order valence-electron chi connectivity index (χ3n) is 5.97. The molecule has 1 fully saturated rings. The monoisotopic (exact) mass is 474 g/mol. The van der Waals surface area contributed by atoms with Crippen molar-refractivity contribution in [3.05, 3.63) is 83.6 Å². The number of halogens is 1. The third-order valence-corrected chi connectivity index (χ3v) is 6.21. The van der Waals surface area contributed by atoms with Crippen LogP contribution in [0.3, 0.4) is 0 Å². The Morgan fingerprint density at radius 3 is 2.62 bits per heavy atom. The van der Waals surface area contributed by atoms with Gasteiger partial charge in [0.1, 0.15) is 36.4 Å². The topological polar surface area (TPSA) is 59.5 Å². The molecular formula is C27H27ClN4O2. The molecule has 1 saturated heterocycles. The molecule has 34 heavy (non-hydrogen) atoms. The fourth-order valence-electron chi connectivity index (χ4n) is 4.13. The Labute approximate surface area is 204 Å². The molecular weight excluding hydrogens is 448 g/mol. The average Bonchev–Trinajstić information content (AvgIpc) is 2.85. The predicted octanol–water partition coefficient (Wildman–Crippen LogP) is 6.08. The molecule has 0 atom stereocenters. The quantitative estimate of drug-likeness (QED) is 0.350. The number of ether oxygens (including phenoxy) is 2. The lowest BCUT2D eigenvalue weighted by atomic mass is 10.1. The minimum atomic E-state index is 0.128. The zero-order valence-corrected chi connectivity index (χ0v) is 19.8. The third kappa shape index (κ3) is 5.41. The molecule has 1 aromatic heterocycles. The van der Waals surface area contributed by atoms with E-state index in [0.717, 1.165) is 53.8 Å². The Balaban J connectivity index is 1.50. The van der Waals surface area contributed by atoms with Gasteiger partial charge in [-0.1, -0.05) is 48.0 Å². The molecule has 7 heteroatoms. The number of piperidine rings is 1. The van der Waals surface area contributed by atoms with Crippen LogP contribution in [0.15, 0.2) is 73.1 Å². The summed E-state index contributed by atoms with van der Waals surface area (Å²) in [5.41, 5.74) is 2.71. The van der Waals surface area contributed by atoms with Gasteiger partial charge in [-0.25, -0.2) is 9.97 Å². The number of likely N-dealkylation sites (tertiary alicyclic amines) is 1. The highest BCUT2D eigenvalue weighted by atomic mass is 35.5. The van der Waals surface area contributed by atoms with Gasteiger partial charge in [-0.15, -0.1) is 0 Å². The lowest BCUT2D eigenvalue weighted by Gasteiger charge is -2.30. The van der Waals surface area contributed by atoms with Crippen LogP contribution < -0.4 is 14.8 Å². The summed E-state index contributed by atoms with van der Waals surface area (Å²) in [6.07, 6.45) is 3.62. The van der Waals surface area contributed by atoms with Crippen molar-refractivity contribution >= 4 is 34.0 Å². The molecule has 0 saturated carbocycles. The second kappa shape index (κ2) is 10.3. The first-order valence-corrected chi connectivity index (χ1v) is 11.8. The van der Waals surface area contributed by atoms with Gasteiger partial charge in [0, 0.05) is 35.9 Å². The van der Waals surface area contributed by atoms with Gasteiger partial charge in [0.2, 0.25) is 0 Å². The van der Waals surface area contributed by atoms with Crippen LogP contribution in [-0.4, -0.2) is 41.1 Å². The molecule has 6 nitrogen and oxygen atoms in total. The summed E-state index contributed by atoms with van der Waals surface area (Å²) in [7, 11) is 2.14. The number of fused-ring (bicyclic) bond motifs is 1. The van der Waals surface area contributed by atoms with Gasteiger partial charge < -0.3 is 19.7 Å². The van der Waals surface area contributed by atoms with Crippen LogP contribution in [-0.2, 0) is 6.61 Å². The normalized spacial score (nSPS) is 14.8. The van der Waals surface area contributed by atoms with Crippen LogP contribution in [0.2, 0.25) is 5.02 Å². The van der Waals surface area contributed by atoms with Gasteiger partial charge in [-0.05, 0) is 43.7 Å². The number of rotatable bonds is 7. The van der Waals surface area contributed by atoms with Crippen LogP contribution in [0, 0.1) is 0 Å². The Bertz CT molecular complexity index is 1260. The van der Waals surface area contributed by atoms with Gasteiger partial charge in [0.05, 0.1) is 10.9 Å². The smallest absolute Gasteiger partial charge is 0.145 e. The Kier molecular flexibility index (Phi) is 6.79. The number of hydrogen-bond donors (Lipinski definition) is 1. The number of aromatic nitrogens is 2. The van der Waals surface area contributed by atoms with Crippen LogP contribution in [0.5, 0.6) is 11.5 Å². The number of nitrogens with one attached hydrogen (secondary N) is 1. The van der Waals surface area contributed by atoms with E-state index >= 15 is 0 Å². The maximum Gasteiger partial charge on any atom is 0.145 e. The summed E-state index contributed by atoms with van der Waals surface area (Å²) >= 11 is 6.19. The van der Waals surface area contributed by atoms with Crippen molar-refractivity contribution in [2.45, 2.75) is 25.6 Å². The molecule has 1 aliphatic heterocycles. The van der Waals surface area contributed by atoms with E-state index in [-0.39, 0.29) is 6.10 Å². The van der Waals surface area contributed by atoms with Crippen LogP contribution in [0.25, 0.3) is 10.9 Å². The van der Waals surface area contributed by atoms with Crippen molar-refractivity contribution in [3.8, 4) is 11.5 Å². The summed E-state index contributed by atoms with van der Waals surface area (Å²) < 4.78 is 12.7. The van der Waals surface area contributed by atoms with E-state index in [0.29, 0.717) is 23.2 Å². The lowest BCUT2D eigenvalue weighted by Crippen LogP contribution is -2.35. The molecule has 5 rings (SSSR count). The fourth-order valence-corrected chi connectivity index (χ4v) is 4.32. The van der Waals surface area contributed by atoms with E-state index in [9.17, 15) is 0 Å². The Hall–Kier alpha value is -3.35. The van der Waals surface area contributed by atoms with Crippen molar-refractivity contribution in [2.75, 3.05) is 25.5 Å². The molecule has 0 radical (unpaired) electrons. The van der Waals surface area contributed by atoms with E-state index in [1.54, 1.807) is 6.33 Å². The van der Waals surface area contributed by atoms with Gasteiger partial charge >= 0.3 is 0 Å². The van der Waals surface area contributed by atoms with Gasteiger partial charge in [0.15, 0.2) is 0 Å². The van der Waals surface area contributed by atoms with Gasteiger partial charge in [0.25, 0.3) is 0 Å². The van der Waals surface area contributed by atoms with Gasteiger partial charge in [-0.2, -0.15) is 0 Å². The van der Waals surface area contributed by atoms with E-state index in [1.165, 1.54) is 0 Å². The largest absolute Gasteiger partial charge is 0.489 e. The molecule has 1 N–H and O–H groups in total. The van der Waals surface area contributed by atoms with Crippen LogP contribution in [0.4, 0.5) is 11.5 Å². The minimum Gasteiger partial charge on any atom is -0.489 e. The highest BCUT2D eigenvalue weighted by Crippen LogP contribution is 2.37. The molecule has 4 aromatic rings. The van der Waals surface area contributed by atoms with Crippen molar-refractivity contribution in [2.24, 2.45) is 0 Å². The SMILES string of the molecule is CN1CCC(Oc2cc(OCc3ccccc3)cc3ncnc(Nc4cccc(Cl)c4)c23)CC1. The average molecular weight is 475 g/mol. The highest BCUT2D eigenvalue weighted by Gasteiger charge is 2.21.